The summed E-state index contributed by atoms with van der Waals surface area (Å²) >= 11 is 3.05. The number of fused-ring (bicyclic) bond motifs is 1. The molecule has 2 aromatic carbocycles. The molecule has 2 heterocycles. The van der Waals surface area contributed by atoms with Gasteiger partial charge in [-0.1, -0.05) is 41.7 Å². The van der Waals surface area contributed by atoms with E-state index in [0.29, 0.717) is 11.6 Å². The molecular formula is C19H16N4OS2. The Hall–Kier alpha value is -2.64. The van der Waals surface area contributed by atoms with Crippen molar-refractivity contribution in [2.24, 2.45) is 0 Å². The molecular weight excluding hydrogens is 364 g/mol. The smallest absolute Gasteiger partial charge is 0.235 e. The standard InChI is InChI=1S/C19H16N4OS2/c1-13-11-17(21-18(24)12-25-14-7-3-2-4-8-14)23(22-13)19-20-15-9-5-6-10-16(15)26-19/h2-11H,12H2,1H3,(H,21,24). The molecule has 5 nitrogen and oxygen atoms in total. The van der Waals surface area contributed by atoms with Gasteiger partial charge in [0.2, 0.25) is 11.0 Å². The summed E-state index contributed by atoms with van der Waals surface area (Å²) < 4.78 is 2.79. The number of hydrogen-bond donors (Lipinski definition) is 1. The summed E-state index contributed by atoms with van der Waals surface area (Å²) in [5.41, 5.74) is 1.76. The van der Waals surface area contributed by atoms with Crippen molar-refractivity contribution in [3.8, 4) is 5.13 Å². The number of amides is 1. The van der Waals surface area contributed by atoms with Crippen LogP contribution in [0.3, 0.4) is 0 Å². The van der Waals surface area contributed by atoms with Gasteiger partial charge in [-0.2, -0.15) is 9.78 Å². The molecule has 4 rings (SSSR count). The maximum Gasteiger partial charge on any atom is 0.235 e. The fourth-order valence-electron chi connectivity index (χ4n) is 2.53. The third-order valence-electron chi connectivity index (χ3n) is 3.68. The molecule has 1 N–H and O–H groups in total. The highest BCUT2D eigenvalue weighted by atomic mass is 32.2. The Morgan fingerprint density at radius 1 is 1.15 bits per heavy atom. The lowest BCUT2D eigenvalue weighted by Gasteiger charge is -2.06. The highest BCUT2D eigenvalue weighted by Gasteiger charge is 2.14. The lowest BCUT2D eigenvalue weighted by atomic mass is 10.3. The van der Waals surface area contributed by atoms with Crippen LogP contribution < -0.4 is 5.32 Å². The van der Waals surface area contributed by atoms with Gasteiger partial charge < -0.3 is 5.32 Å². The number of rotatable bonds is 5. The minimum absolute atomic E-state index is 0.0684. The van der Waals surface area contributed by atoms with Crippen molar-refractivity contribution in [1.82, 2.24) is 14.8 Å². The van der Waals surface area contributed by atoms with Crippen LogP contribution in [0.25, 0.3) is 15.3 Å². The highest BCUT2D eigenvalue weighted by Crippen LogP contribution is 2.27. The van der Waals surface area contributed by atoms with Crippen molar-refractivity contribution in [2.45, 2.75) is 11.8 Å². The third-order valence-corrected chi connectivity index (χ3v) is 5.70. The summed E-state index contributed by atoms with van der Waals surface area (Å²) in [4.78, 5) is 18.0. The number of nitrogens with zero attached hydrogens (tertiary/aromatic N) is 3. The first-order chi connectivity index (χ1) is 12.7. The first-order valence-electron chi connectivity index (χ1n) is 8.09. The van der Waals surface area contributed by atoms with Crippen LogP contribution in [0.2, 0.25) is 0 Å². The zero-order valence-corrected chi connectivity index (χ0v) is 15.7. The van der Waals surface area contributed by atoms with Crippen LogP contribution in [-0.2, 0) is 4.79 Å². The predicted molar refractivity (Wildman–Crippen MR) is 107 cm³/mol. The van der Waals surface area contributed by atoms with E-state index in [2.05, 4.69) is 15.4 Å². The molecule has 0 radical (unpaired) electrons. The Morgan fingerprint density at radius 3 is 2.73 bits per heavy atom. The van der Waals surface area contributed by atoms with Crippen LogP contribution in [0.15, 0.2) is 65.6 Å². The summed E-state index contributed by atoms with van der Waals surface area (Å²) in [6, 6.07) is 19.7. The number of aryl methyl sites for hydroxylation is 1. The average molecular weight is 380 g/mol. The van der Waals surface area contributed by atoms with E-state index in [1.807, 2.05) is 67.6 Å². The molecule has 0 aliphatic heterocycles. The monoisotopic (exact) mass is 380 g/mol. The lowest BCUT2D eigenvalue weighted by Crippen LogP contribution is -2.16. The molecule has 4 aromatic rings. The number of anilines is 1. The van der Waals surface area contributed by atoms with Crippen LogP contribution in [0.4, 0.5) is 5.82 Å². The molecule has 0 atom stereocenters. The van der Waals surface area contributed by atoms with Crippen LogP contribution in [0.1, 0.15) is 5.69 Å². The maximum atomic E-state index is 12.4. The zero-order chi connectivity index (χ0) is 17.9. The Labute approximate surface area is 159 Å². The molecule has 2 aromatic heterocycles. The van der Waals surface area contributed by atoms with Gasteiger partial charge in [-0.3, -0.25) is 4.79 Å². The third kappa shape index (κ3) is 3.63. The lowest BCUT2D eigenvalue weighted by molar-refractivity contribution is -0.113. The average Bonchev–Trinajstić information content (AvgIpc) is 3.24. The number of aromatic nitrogens is 3. The number of benzene rings is 2. The van der Waals surface area contributed by atoms with E-state index >= 15 is 0 Å². The molecule has 26 heavy (non-hydrogen) atoms. The van der Waals surface area contributed by atoms with Crippen LogP contribution >= 0.6 is 23.1 Å². The van der Waals surface area contributed by atoms with Crippen molar-refractivity contribution in [1.29, 1.82) is 0 Å². The molecule has 0 fully saturated rings. The molecule has 130 valence electrons. The molecule has 0 unspecified atom stereocenters. The van der Waals surface area contributed by atoms with E-state index < -0.39 is 0 Å². The predicted octanol–water partition coefficient (Wildman–Crippen LogP) is 4.52. The van der Waals surface area contributed by atoms with Gasteiger partial charge in [0.15, 0.2) is 0 Å². The van der Waals surface area contributed by atoms with Gasteiger partial charge in [-0.15, -0.1) is 11.8 Å². The molecule has 0 aliphatic carbocycles. The van der Waals surface area contributed by atoms with Gasteiger partial charge in [0.1, 0.15) is 5.82 Å². The first kappa shape index (κ1) is 16.8. The second kappa shape index (κ2) is 7.31. The summed E-state index contributed by atoms with van der Waals surface area (Å²) in [6.07, 6.45) is 0. The summed E-state index contributed by atoms with van der Waals surface area (Å²) in [5.74, 6) is 0.912. The number of thioether (sulfide) groups is 1. The van der Waals surface area contributed by atoms with Gasteiger partial charge >= 0.3 is 0 Å². The quantitative estimate of drug-likeness (QED) is 0.517. The van der Waals surface area contributed by atoms with Gasteiger partial charge in [-0.25, -0.2) is 4.98 Å². The SMILES string of the molecule is Cc1cc(NC(=O)CSc2ccccc2)n(-c2nc3ccccc3s2)n1. The Kier molecular flexibility index (Phi) is 4.73. The van der Waals surface area contributed by atoms with E-state index in [4.69, 9.17) is 0 Å². The van der Waals surface area contributed by atoms with E-state index in [0.717, 1.165) is 25.9 Å². The summed E-state index contributed by atoms with van der Waals surface area (Å²) in [7, 11) is 0. The second-order valence-electron chi connectivity index (χ2n) is 5.70. The Balaban J connectivity index is 1.53. The number of carbonyl (C=O) groups is 1. The van der Waals surface area contributed by atoms with Gasteiger partial charge in [0.25, 0.3) is 0 Å². The number of thiazole rings is 1. The van der Waals surface area contributed by atoms with Crippen LogP contribution in [0, 0.1) is 6.92 Å². The van der Waals surface area contributed by atoms with Crippen molar-refractivity contribution in [3.05, 3.63) is 66.4 Å². The van der Waals surface area contributed by atoms with Gasteiger partial charge in [-0.05, 0) is 31.2 Å². The van der Waals surface area contributed by atoms with E-state index in [-0.39, 0.29) is 5.91 Å². The van der Waals surface area contributed by atoms with Crippen molar-refractivity contribution >= 4 is 45.0 Å². The minimum Gasteiger partial charge on any atom is -0.310 e. The Morgan fingerprint density at radius 2 is 1.92 bits per heavy atom. The van der Waals surface area contributed by atoms with Crippen LogP contribution in [0.5, 0.6) is 0 Å². The van der Waals surface area contributed by atoms with E-state index in [1.165, 1.54) is 11.8 Å². The number of nitrogens with one attached hydrogen (secondary N) is 1. The molecule has 1 amide bonds. The molecule has 0 spiro atoms. The van der Waals surface area contributed by atoms with E-state index in [9.17, 15) is 4.79 Å². The topological polar surface area (TPSA) is 59.8 Å². The summed E-state index contributed by atoms with van der Waals surface area (Å²) in [5, 5.41) is 8.18. The molecule has 0 aliphatic rings. The van der Waals surface area contributed by atoms with E-state index in [1.54, 1.807) is 16.0 Å². The first-order valence-corrected chi connectivity index (χ1v) is 9.89. The largest absolute Gasteiger partial charge is 0.310 e. The van der Waals surface area contributed by atoms with Crippen molar-refractivity contribution < 1.29 is 4.79 Å². The van der Waals surface area contributed by atoms with Gasteiger partial charge in [0.05, 0.1) is 21.7 Å². The number of hydrogen-bond acceptors (Lipinski definition) is 5. The van der Waals surface area contributed by atoms with Gasteiger partial charge in [0, 0.05) is 11.0 Å². The normalized spacial score (nSPS) is 11.0. The fraction of sp³-hybridized carbons (Fsp3) is 0.105. The molecule has 0 saturated carbocycles. The van der Waals surface area contributed by atoms with Crippen molar-refractivity contribution in [3.63, 3.8) is 0 Å². The maximum absolute atomic E-state index is 12.4. The number of carbonyl (C=O) groups excluding carboxylic acids is 1. The summed E-state index contributed by atoms with van der Waals surface area (Å²) in [6.45, 7) is 1.90. The minimum atomic E-state index is -0.0684. The fourth-order valence-corrected chi connectivity index (χ4v) is 4.18. The second-order valence-corrected chi connectivity index (χ2v) is 7.75. The number of para-hydroxylation sites is 1. The Bertz CT molecular complexity index is 1020. The highest BCUT2D eigenvalue weighted by molar-refractivity contribution is 8.00. The molecule has 0 saturated heterocycles. The zero-order valence-electron chi connectivity index (χ0n) is 14.0. The molecule has 7 heteroatoms. The van der Waals surface area contributed by atoms with Crippen molar-refractivity contribution in [2.75, 3.05) is 11.1 Å². The van der Waals surface area contributed by atoms with Crippen LogP contribution in [-0.4, -0.2) is 26.4 Å². The molecule has 0 bridgehead atoms.